The van der Waals surface area contributed by atoms with Crippen LogP contribution in [0.2, 0.25) is 0 Å². The van der Waals surface area contributed by atoms with E-state index in [2.05, 4.69) is 5.32 Å². The molecular weight excluding hydrogens is 392 g/mol. The Kier molecular flexibility index (Phi) is 6.06. The van der Waals surface area contributed by atoms with Crippen LogP contribution in [0.5, 0.6) is 5.75 Å². The first kappa shape index (κ1) is 20.5. The molecule has 2 aromatic carbocycles. The molecular formula is C20H18N4O6. The van der Waals surface area contributed by atoms with Crippen LogP contribution in [-0.4, -0.2) is 48.3 Å². The minimum absolute atomic E-state index is 0.155. The lowest BCUT2D eigenvalue weighted by Crippen LogP contribution is -2.46. The Bertz CT molecular complexity index is 990. The van der Waals surface area contributed by atoms with Crippen molar-refractivity contribution in [1.29, 1.82) is 0 Å². The molecule has 7 amide bonds. The van der Waals surface area contributed by atoms with Crippen molar-refractivity contribution in [3.05, 3.63) is 60.2 Å². The number of rotatable bonds is 6. The highest BCUT2D eigenvalue weighted by atomic mass is 16.5. The van der Waals surface area contributed by atoms with Gasteiger partial charge in [-0.15, -0.1) is 0 Å². The summed E-state index contributed by atoms with van der Waals surface area (Å²) >= 11 is 0. The lowest BCUT2D eigenvalue weighted by atomic mass is 10.2. The van der Waals surface area contributed by atoms with Gasteiger partial charge in [0, 0.05) is 6.54 Å². The van der Waals surface area contributed by atoms with Gasteiger partial charge in [-0.2, -0.15) is 0 Å². The number of nitrogens with zero attached hydrogens (tertiary/aromatic N) is 2. The van der Waals surface area contributed by atoms with Crippen molar-refractivity contribution >= 4 is 35.5 Å². The quantitative estimate of drug-likeness (QED) is 0.541. The van der Waals surface area contributed by atoms with Crippen molar-refractivity contribution < 1.29 is 28.7 Å². The molecule has 3 rings (SSSR count). The number of imide groups is 3. The highest BCUT2D eigenvalue weighted by molar-refractivity contribution is 6.53. The van der Waals surface area contributed by atoms with Crippen molar-refractivity contribution in [1.82, 2.24) is 15.5 Å². The molecule has 2 N–H and O–H groups in total. The number of nitrogens with one attached hydrogen (secondary N) is 2. The summed E-state index contributed by atoms with van der Waals surface area (Å²) in [5, 5.41) is 4.50. The summed E-state index contributed by atoms with van der Waals surface area (Å²) in [6.45, 7) is -0.583. The molecule has 0 saturated carbocycles. The summed E-state index contributed by atoms with van der Waals surface area (Å²) < 4.78 is 5.01. The van der Waals surface area contributed by atoms with Gasteiger partial charge in [-0.3, -0.25) is 19.7 Å². The molecule has 10 heteroatoms. The Morgan fingerprint density at radius 3 is 2.23 bits per heavy atom. The zero-order valence-corrected chi connectivity index (χ0v) is 16.0. The van der Waals surface area contributed by atoms with E-state index in [-0.39, 0.29) is 12.2 Å². The van der Waals surface area contributed by atoms with Crippen molar-refractivity contribution in [3.8, 4) is 5.75 Å². The van der Waals surface area contributed by atoms with Gasteiger partial charge in [-0.05, 0) is 29.8 Å². The minimum atomic E-state index is -1.16. The molecule has 1 fully saturated rings. The van der Waals surface area contributed by atoms with Gasteiger partial charge in [0.25, 0.3) is 0 Å². The molecule has 10 nitrogen and oxygen atoms in total. The number of hydrogen-bond donors (Lipinski definition) is 2. The first-order valence-electron chi connectivity index (χ1n) is 8.86. The third kappa shape index (κ3) is 4.43. The Hall–Kier alpha value is -4.21. The summed E-state index contributed by atoms with van der Waals surface area (Å²) in [5.41, 5.74) is 0.980. The molecule has 154 valence electrons. The van der Waals surface area contributed by atoms with E-state index in [4.69, 9.17) is 4.74 Å². The van der Waals surface area contributed by atoms with Crippen LogP contribution in [0, 0.1) is 0 Å². The van der Waals surface area contributed by atoms with Crippen molar-refractivity contribution in [3.63, 3.8) is 0 Å². The molecule has 1 saturated heterocycles. The molecule has 0 spiro atoms. The highest BCUT2D eigenvalue weighted by Crippen LogP contribution is 2.24. The maximum absolute atomic E-state index is 12.5. The Morgan fingerprint density at radius 1 is 0.933 bits per heavy atom. The van der Waals surface area contributed by atoms with E-state index in [9.17, 15) is 24.0 Å². The maximum Gasteiger partial charge on any atom is 0.339 e. The smallest absolute Gasteiger partial charge is 0.339 e. The molecule has 1 aliphatic rings. The number of carbonyl (C=O) groups excluding carboxylic acids is 5. The molecule has 2 aromatic rings. The van der Waals surface area contributed by atoms with E-state index >= 15 is 0 Å². The summed E-state index contributed by atoms with van der Waals surface area (Å²) in [7, 11) is 1.46. The van der Waals surface area contributed by atoms with Gasteiger partial charge in [0.05, 0.1) is 12.8 Å². The summed E-state index contributed by atoms with van der Waals surface area (Å²) in [5.74, 6) is -2.66. The molecule has 1 aliphatic heterocycles. The third-order valence-electron chi connectivity index (χ3n) is 4.23. The standard InChI is InChI=1S/C20H18N4O6/c1-30-15-9-7-14(8-10-15)24-18(27)17(26)23(20(24)29)12-16(25)22-19(28)21-11-13-5-3-2-4-6-13/h2-10H,11-12H2,1H3,(H2,21,22,25,28). The van der Waals surface area contributed by atoms with Crippen molar-refractivity contribution in [2.24, 2.45) is 0 Å². The van der Waals surface area contributed by atoms with Crippen molar-refractivity contribution in [2.45, 2.75) is 6.54 Å². The van der Waals surface area contributed by atoms with Gasteiger partial charge in [-0.1, -0.05) is 30.3 Å². The van der Waals surface area contributed by atoms with Gasteiger partial charge in [0.15, 0.2) is 0 Å². The molecule has 0 atom stereocenters. The van der Waals surface area contributed by atoms with E-state index in [1.807, 2.05) is 11.4 Å². The number of amides is 7. The van der Waals surface area contributed by atoms with Crippen LogP contribution >= 0.6 is 0 Å². The van der Waals surface area contributed by atoms with Crippen molar-refractivity contribution in [2.75, 3.05) is 18.6 Å². The van der Waals surface area contributed by atoms with Gasteiger partial charge in [0.2, 0.25) is 5.91 Å². The Morgan fingerprint density at radius 2 is 1.60 bits per heavy atom. The van der Waals surface area contributed by atoms with E-state index < -0.39 is 36.3 Å². The number of benzene rings is 2. The number of hydrogen-bond acceptors (Lipinski definition) is 6. The zero-order chi connectivity index (χ0) is 21.7. The predicted octanol–water partition coefficient (Wildman–Crippen LogP) is 1.02. The fraction of sp³-hybridized carbons (Fsp3) is 0.150. The fourth-order valence-corrected chi connectivity index (χ4v) is 2.74. The van der Waals surface area contributed by atoms with Crippen LogP contribution in [0.3, 0.4) is 0 Å². The lowest BCUT2D eigenvalue weighted by Gasteiger charge is -2.15. The van der Waals surface area contributed by atoms with Crippen LogP contribution in [0.15, 0.2) is 54.6 Å². The van der Waals surface area contributed by atoms with Gasteiger partial charge < -0.3 is 10.1 Å². The number of methoxy groups -OCH3 is 1. The molecule has 0 aromatic heterocycles. The average molecular weight is 410 g/mol. The van der Waals surface area contributed by atoms with Crippen LogP contribution < -0.4 is 20.3 Å². The first-order chi connectivity index (χ1) is 14.4. The Balaban J connectivity index is 1.59. The van der Waals surface area contributed by atoms with E-state index in [0.717, 1.165) is 5.56 Å². The van der Waals surface area contributed by atoms with Crippen LogP contribution in [0.25, 0.3) is 0 Å². The number of ether oxygens (including phenoxy) is 1. The highest BCUT2D eigenvalue weighted by Gasteiger charge is 2.46. The van der Waals surface area contributed by atoms with E-state index in [1.54, 1.807) is 24.3 Å². The summed E-state index contributed by atoms with van der Waals surface area (Å²) in [6, 6.07) is 13.2. The molecule has 0 bridgehead atoms. The minimum Gasteiger partial charge on any atom is -0.497 e. The van der Waals surface area contributed by atoms with E-state index in [1.165, 1.54) is 31.4 Å². The van der Waals surface area contributed by atoms with Gasteiger partial charge >= 0.3 is 23.9 Å². The molecule has 0 aliphatic carbocycles. The molecule has 30 heavy (non-hydrogen) atoms. The van der Waals surface area contributed by atoms with Gasteiger partial charge in [0.1, 0.15) is 12.3 Å². The number of anilines is 1. The normalized spacial score (nSPS) is 13.4. The second-order valence-electron chi connectivity index (χ2n) is 6.23. The first-order valence-corrected chi connectivity index (χ1v) is 8.86. The maximum atomic E-state index is 12.5. The Labute approximate surface area is 171 Å². The zero-order valence-electron chi connectivity index (χ0n) is 16.0. The monoisotopic (exact) mass is 410 g/mol. The number of urea groups is 2. The van der Waals surface area contributed by atoms with Gasteiger partial charge in [-0.25, -0.2) is 19.4 Å². The fourth-order valence-electron chi connectivity index (χ4n) is 2.74. The van der Waals surface area contributed by atoms with Crippen LogP contribution in [0.1, 0.15) is 5.56 Å². The largest absolute Gasteiger partial charge is 0.497 e. The number of carbonyl (C=O) groups is 5. The molecule has 0 unspecified atom stereocenters. The van der Waals surface area contributed by atoms with Crippen LogP contribution in [0.4, 0.5) is 15.3 Å². The molecule has 1 heterocycles. The van der Waals surface area contributed by atoms with Crippen LogP contribution in [-0.2, 0) is 20.9 Å². The summed E-state index contributed by atoms with van der Waals surface area (Å²) in [4.78, 5) is 62.0. The summed E-state index contributed by atoms with van der Waals surface area (Å²) in [6.07, 6.45) is 0. The topological polar surface area (TPSA) is 125 Å². The predicted molar refractivity (Wildman–Crippen MR) is 104 cm³/mol. The molecule has 0 radical (unpaired) electrons. The SMILES string of the molecule is COc1ccc(N2C(=O)C(=O)N(CC(=O)NC(=O)NCc3ccccc3)C2=O)cc1. The van der Waals surface area contributed by atoms with E-state index in [0.29, 0.717) is 15.5 Å². The third-order valence-corrected chi connectivity index (χ3v) is 4.23. The second kappa shape index (κ2) is 8.86. The second-order valence-corrected chi connectivity index (χ2v) is 6.23. The lowest BCUT2D eigenvalue weighted by molar-refractivity contribution is -0.140. The average Bonchev–Trinajstić information content (AvgIpc) is 2.96.